The summed E-state index contributed by atoms with van der Waals surface area (Å²) in [4.78, 5) is 2.14. The van der Waals surface area contributed by atoms with E-state index in [1.165, 1.54) is 12.1 Å². The predicted molar refractivity (Wildman–Crippen MR) is 127 cm³/mol. The molecule has 3 heterocycles. The Morgan fingerprint density at radius 2 is 1.75 bits per heavy atom. The molecule has 7 nitrogen and oxygen atoms in total. The maximum absolute atomic E-state index is 14.8. The molecule has 2 aromatic heterocycles. The normalized spacial score (nSPS) is 17.6. The van der Waals surface area contributed by atoms with Gasteiger partial charge in [-0.3, -0.25) is 5.10 Å². The van der Waals surface area contributed by atoms with Crippen LogP contribution in [0.25, 0.3) is 22.4 Å². The van der Waals surface area contributed by atoms with Crippen LogP contribution in [-0.2, 0) is 0 Å². The van der Waals surface area contributed by atoms with Crippen molar-refractivity contribution in [3.8, 4) is 28.1 Å². The largest absolute Gasteiger partial charge is 0.507 e. The summed E-state index contributed by atoms with van der Waals surface area (Å²) in [6.07, 6.45) is 5.16. The molecule has 0 bridgehead atoms. The lowest BCUT2D eigenvalue weighted by atomic mass is 9.79. The number of nitrogens with zero attached hydrogens (tertiary/aromatic N) is 4. The first-order valence-corrected chi connectivity index (χ1v) is 10.4. The highest BCUT2D eigenvalue weighted by Crippen LogP contribution is 2.36. The lowest BCUT2D eigenvalue weighted by Gasteiger charge is -2.49. The van der Waals surface area contributed by atoms with Gasteiger partial charge in [0.05, 0.1) is 17.5 Å². The van der Waals surface area contributed by atoms with Crippen LogP contribution >= 0.6 is 12.4 Å². The summed E-state index contributed by atoms with van der Waals surface area (Å²) < 4.78 is 14.8. The van der Waals surface area contributed by atoms with Crippen LogP contribution < -0.4 is 10.2 Å². The average molecular weight is 461 g/mol. The van der Waals surface area contributed by atoms with Crippen molar-refractivity contribution in [3.63, 3.8) is 0 Å². The van der Waals surface area contributed by atoms with Crippen molar-refractivity contribution >= 4 is 18.2 Å². The van der Waals surface area contributed by atoms with Crippen molar-refractivity contribution < 1.29 is 9.50 Å². The molecule has 0 atom stereocenters. The fourth-order valence-electron chi connectivity index (χ4n) is 4.80. The van der Waals surface area contributed by atoms with Crippen LogP contribution in [-0.4, -0.2) is 49.7 Å². The van der Waals surface area contributed by atoms with Crippen LogP contribution in [0.3, 0.4) is 0 Å². The second-order valence-electron chi connectivity index (χ2n) is 9.68. The summed E-state index contributed by atoms with van der Waals surface area (Å²) in [5.74, 6) is -0.0286. The van der Waals surface area contributed by atoms with Crippen LogP contribution in [0.1, 0.15) is 40.5 Å². The van der Waals surface area contributed by atoms with Gasteiger partial charge in [0.1, 0.15) is 11.6 Å². The molecule has 4 rings (SSSR count). The molecule has 172 valence electrons. The van der Waals surface area contributed by atoms with Crippen LogP contribution in [0.15, 0.2) is 36.7 Å². The Kier molecular flexibility index (Phi) is 6.49. The SMILES string of the molecule is CN(c1ccc(-c2c(O)cc(-c3cn[nH]c3)cc2F)nn1)C1CC(C)(C)NC(C)(C)C1.Cl. The van der Waals surface area contributed by atoms with Gasteiger partial charge in [-0.15, -0.1) is 22.6 Å². The van der Waals surface area contributed by atoms with Gasteiger partial charge in [0.2, 0.25) is 0 Å². The summed E-state index contributed by atoms with van der Waals surface area (Å²) in [5.41, 5.74) is 1.58. The number of H-pyrrole nitrogens is 1. The van der Waals surface area contributed by atoms with E-state index in [1.807, 2.05) is 13.1 Å². The topological polar surface area (TPSA) is 90.0 Å². The number of halogens is 2. The summed E-state index contributed by atoms with van der Waals surface area (Å²) in [5, 5.41) is 29.3. The summed E-state index contributed by atoms with van der Waals surface area (Å²) in [6, 6.07) is 6.69. The maximum atomic E-state index is 14.8. The van der Waals surface area contributed by atoms with E-state index < -0.39 is 5.82 Å². The van der Waals surface area contributed by atoms with Crippen molar-refractivity contribution in [2.24, 2.45) is 0 Å². The van der Waals surface area contributed by atoms with E-state index in [0.29, 0.717) is 17.2 Å². The smallest absolute Gasteiger partial charge is 0.151 e. The number of nitrogens with one attached hydrogen (secondary N) is 2. The van der Waals surface area contributed by atoms with E-state index in [2.05, 4.69) is 58.3 Å². The Bertz CT molecular complexity index is 1030. The number of phenols is 1. The van der Waals surface area contributed by atoms with E-state index in [4.69, 9.17) is 0 Å². The highest BCUT2D eigenvalue weighted by molar-refractivity contribution is 5.85. The van der Waals surface area contributed by atoms with Crippen LogP contribution in [0, 0.1) is 5.82 Å². The molecule has 0 amide bonds. The quantitative estimate of drug-likeness (QED) is 0.529. The van der Waals surface area contributed by atoms with Gasteiger partial charge in [-0.2, -0.15) is 5.10 Å². The minimum absolute atomic E-state index is 0. The number of benzene rings is 1. The number of hydrogen-bond donors (Lipinski definition) is 3. The van der Waals surface area contributed by atoms with E-state index in [-0.39, 0.29) is 40.5 Å². The monoisotopic (exact) mass is 460 g/mol. The second-order valence-corrected chi connectivity index (χ2v) is 9.68. The van der Waals surface area contributed by atoms with E-state index in [1.54, 1.807) is 18.5 Å². The van der Waals surface area contributed by atoms with Gasteiger partial charge in [-0.05, 0) is 70.4 Å². The number of hydrogen-bond acceptors (Lipinski definition) is 6. The van der Waals surface area contributed by atoms with E-state index in [9.17, 15) is 9.50 Å². The van der Waals surface area contributed by atoms with Crippen LogP contribution in [0.2, 0.25) is 0 Å². The van der Waals surface area contributed by atoms with Crippen molar-refractivity contribution in [1.29, 1.82) is 0 Å². The summed E-state index contributed by atoms with van der Waals surface area (Å²) in [7, 11) is 2.02. The number of piperidine rings is 1. The maximum Gasteiger partial charge on any atom is 0.151 e. The average Bonchev–Trinajstić information content (AvgIpc) is 3.20. The molecule has 0 unspecified atom stereocenters. The van der Waals surface area contributed by atoms with Gasteiger partial charge in [-0.1, -0.05) is 0 Å². The third kappa shape index (κ3) is 4.86. The number of aromatic nitrogens is 4. The molecule has 3 N–H and O–H groups in total. The van der Waals surface area contributed by atoms with Crippen molar-refractivity contribution in [2.75, 3.05) is 11.9 Å². The van der Waals surface area contributed by atoms with E-state index in [0.717, 1.165) is 18.7 Å². The van der Waals surface area contributed by atoms with E-state index >= 15 is 0 Å². The highest BCUT2D eigenvalue weighted by atomic mass is 35.5. The number of aromatic hydroxyl groups is 1. The number of anilines is 1. The Morgan fingerprint density at radius 3 is 2.28 bits per heavy atom. The highest BCUT2D eigenvalue weighted by Gasteiger charge is 2.39. The second kappa shape index (κ2) is 8.67. The first-order valence-electron chi connectivity index (χ1n) is 10.4. The Labute approximate surface area is 193 Å². The van der Waals surface area contributed by atoms with Gasteiger partial charge in [-0.25, -0.2) is 4.39 Å². The summed E-state index contributed by atoms with van der Waals surface area (Å²) in [6.45, 7) is 8.84. The zero-order valence-corrected chi connectivity index (χ0v) is 19.8. The molecular formula is C23H30ClFN6O. The first-order chi connectivity index (χ1) is 14.5. The fraction of sp³-hybridized carbons (Fsp3) is 0.435. The molecule has 3 aromatic rings. The molecule has 1 fully saturated rings. The molecule has 1 aliphatic rings. The molecule has 0 aliphatic carbocycles. The van der Waals surface area contributed by atoms with Gasteiger partial charge >= 0.3 is 0 Å². The molecular weight excluding hydrogens is 431 g/mol. The molecule has 0 spiro atoms. The van der Waals surface area contributed by atoms with Crippen molar-refractivity contribution in [3.05, 3.63) is 42.5 Å². The van der Waals surface area contributed by atoms with Crippen LogP contribution in [0.4, 0.5) is 10.2 Å². The predicted octanol–water partition coefficient (Wildman–Crippen LogP) is 4.55. The number of phenolic OH excluding ortho intramolecular Hbond substituents is 1. The number of rotatable bonds is 4. The standard InChI is InChI=1S/C23H29FN6O.ClH/c1-22(2)10-16(11-23(3,4)29-22)30(5)20-7-6-18(27-28-20)21-17(24)8-14(9-19(21)31)15-12-25-26-13-15;/h6-9,12-13,16,29,31H,10-11H2,1-5H3,(H,25,26);1H. The van der Waals surface area contributed by atoms with Gasteiger partial charge in [0, 0.05) is 35.9 Å². The third-order valence-corrected chi connectivity index (χ3v) is 5.89. The van der Waals surface area contributed by atoms with Crippen LogP contribution in [0.5, 0.6) is 5.75 Å². The molecule has 1 aliphatic heterocycles. The third-order valence-electron chi connectivity index (χ3n) is 5.89. The molecule has 0 radical (unpaired) electrons. The molecule has 1 aromatic carbocycles. The Hall–Kier alpha value is -2.71. The number of aromatic amines is 1. The Balaban J connectivity index is 0.00000289. The fourth-order valence-corrected chi connectivity index (χ4v) is 4.80. The zero-order valence-electron chi connectivity index (χ0n) is 19.0. The minimum Gasteiger partial charge on any atom is -0.507 e. The van der Waals surface area contributed by atoms with Gasteiger partial charge < -0.3 is 15.3 Å². The first kappa shape index (κ1) is 23.9. The zero-order chi connectivity index (χ0) is 22.4. The minimum atomic E-state index is -0.562. The molecule has 32 heavy (non-hydrogen) atoms. The van der Waals surface area contributed by atoms with Gasteiger partial charge in [0.25, 0.3) is 0 Å². The molecule has 0 saturated carbocycles. The van der Waals surface area contributed by atoms with Crippen molar-refractivity contribution in [1.82, 2.24) is 25.7 Å². The Morgan fingerprint density at radius 1 is 1.06 bits per heavy atom. The summed E-state index contributed by atoms with van der Waals surface area (Å²) >= 11 is 0. The van der Waals surface area contributed by atoms with Gasteiger partial charge in [0.15, 0.2) is 5.82 Å². The molecule has 9 heteroatoms. The lowest BCUT2D eigenvalue weighted by molar-refractivity contribution is 0.160. The molecule has 1 saturated heterocycles. The lowest BCUT2D eigenvalue weighted by Crippen LogP contribution is -2.62. The van der Waals surface area contributed by atoms with Crippen molar-refractivity contribution in [2.45, 2.75) is 57.7 Å².